The van der Waals surface area contributed by atoms with E-state index in [0.717, 1.165) is 28.8 Å². The van der Waals surface area contributed by atoms with Crippen LogP contribution in [0.5, 0.6) is 0 Å². The summed E-state index contributed by atoms with van der Waals surface area (Å²) < 4.78 is 14.5. The van der Waals surface area contributed by atoms with Gasteiger partial charge in [0.15, 0.2) is 0 Å². The lowest BCUT2D eigenvalue weighted by Gasteiger charge is -2.20. The number of rotatable bonds is 7. The Labute approximate surface area is 118 Å². The first-order valence-electron chi connectivity index (χ1n) is 6.74. The van der Waals surface area contributed by atoms with Crippen molar-refractivity contribution in [1.82, 2.24) is 5.32 Å². The summed E-state index contributed by atoms with van der Waals surface area (Å²) in [5.41, 5.74) is 0.729. The third-order valence-electron chi connectivity index (χ3n) is 3.47. The predicted octanol–water partition coefficient (Wildman–Crippen LogP) is 4.89. The van der Waals surface area contributed by atoms with E-state index < -0.39 is 0 Å². The van der Waals surface area contributed by atoms with Crippen molar-refractivity contribution in [3.05, 3.63) is 34.1 Å². The van der Waals surface area contributed by atoms with Crippen molar-refractivity contribution in [1.29, 1.82) is 0 Å². The summed E-state index contributed by atoms with van der Waals surface area (Å²) in [5, 5.41) is 3.46. The molecule has 1 rings (SSSR count). The van der Waals surface area contributed by atoms with E-state index in [4.69, 9.17) is 0 Å². The molecule has 0 radical (unpaired) electrons. The Morgan fingerprint density at radius 3 is 2.61 bits per heavy atom. The highest BCUT2D eigenvalue weighted by molar-refractivity contribution is 9.10. The van der Waals surface area contributed by atoms with Crippen molar-refractivity contribution in [2.24, 2.45) is 5.92 Å². The van der Waals surface area contributed by atoms with Crippen LogP contribution in [-0.4, -0.2) is 6.04 Å². The largest absolute Gasteiger partial charge is 0.310 e. The lowest BCUT2D eigenvalue weighted by atomic mass is 9.97. The number of halogens is 2. The Morgan fingerprint density at radius 1 is 1.28 bits per heavy atom. The smallest absolute Gasteiger partial charge is 0.127 e. The summed E-state index contributed by atoms with van der Waals surface area (Å²) in [6, 6.07) is 5.56. The minimum Gasteiger partial charge on any atom is -0.310 e. The third-order valence-corrected chi connectivity index (χ3v) is 3.96. The molecule has 0 fully saturated rings. The summed E-state index contributed by atoms with van der Waals surface area (Å²) in [4.78, 5) is 0. The van der Waals surface area contributed by atoms with E-state index in [1.54, 1.807) is 6.07 Å². The van der Waals surface area contributed by atoms with Crippen molar-refractivity contribution in [2.45, 2.75) is 52.6 Å². The molecule has 0 saturated carbocycles. The summed E-state index contributed by atoms with van der Waals surface area (Å²) in [6.07, 6.45) is 3.44. The zero-order valence-corrected chi connectivity index (χ0v) is 13.1. The molecule has 0 aliphatic heterocycles. The van der Waals surface area contributed by atoms with E-state index >= 15 is 0 Å². The molecule has 0 heterocycles. The maximum absolute atomic E-state index is 13.6. The van der Waals surface area contributed by atoms with E-state index in [2.05, 4.69) is 42.0 Å². The minimum absolute atomic E-state index is 0.135. The molecule has 18 heavy (non-hydrogen) atoms. The van der Waals surface area contributed by atoms with Crippen molar-refractivity contribution < 1.29 is 4.39 Å². The van der Waals surface area contributed by atoms with Gasteiger partial charge in [-0.2, -0.15) is 0 Å². The lowest BCUT2D eigenvalue weighted by molar-refractivity contribution is 0.381. The number of benzene rings is 1. The van der Waals surface area contributed by atoms with Crippen LogP contribution in [0.4, 0.5) is 4.39 Å². The third kappa shape index (κ3) is 5.07. The van der Waals surface area contributed by atoms with Crippen LogP contribution in [0.25, 0.3) is 0 Å². The molecule has 0 amide bonds. The van der Waals surface area contributed by atoms with Crippen LogP contribution in [0.2, 0.25) is 0 Å². The predicted molar refractivity (Wildman–Crippen MR) is 79.1 cm³/mol. The van der Waals surface area contributed by atoms with Crippen molar-refractivity contribution in [3.63, 3.8) is 0 Å². The van der Waals surface area contributed by atoms with Gasteiger partial charge in [0.1, 0.15) is 5.82 Å². The maximum Gasteiger partial charge on any atom is 0.127 e. The first kappa shape index (κ1) is 15.6. The van der Waals surface area contributed by atoms with Gasteiger partial charge in [0.05, 0.1) is 0 Å². The van der Waals surface area contributed by atoms with Gasteiger partial charge in [-0.3, -0.25) is 0 Å². The summed E-state index contributed by atoms with van der Waals surface area (Å²) >= 11 is 3.38. The second kappa shape index (κ2) is 7.90. The molecule has 0 aromatic heterocycles. The van der Waals surface area contributed by atoms with Gasteiger partial charge in [0.2, 0.25) is 0 Å². The number of hydrogen-bond acceptors (Lipinski definition) is 1. The van der Waals surface area contributed by atoms with E-state index in [-0.39, 0.29) is 5.82 Å². The van der Waals surface area contributed by atoms with Crippen LogP contribution in [0.3, 0.4) is 0 Å². The normalized spacial score (nSPS) is 14.5. The average molecular weight is 316 g/mol. The van der Waals surface area contributed by atoms with E-state index in [1.165, 1.54) is 12.5 Å². The Bertz CT molecular complexity index is 368. The zero-order valence-electron chi connectivity index (χ0n) is 11.5. The van der Waals surface area contributed by atoms with Gasteiger partial charge in [-0.05, 0) is 37.0 Å². The SMILES string of the molecule is CCC(C)CC(CC)NCc1cc(Br)ccc1F. The lowest BCUT2D eigenvalue weighted by Crippen LogP contribution is -2.30. The molecule has 0 spiro atoms. The van der Waals surface area contributed by atoms with Crippen molar-refractivity contribution in [3.8, 4) is 0 Å². The first-order valence-corrected chi connectivity index (χ1v) is 7.53. The van der Waals surface area contributed by atoms with Gasteiger partial charge in [-0.25, -0.2) is 4.39 Å². The quantitative estimate of drug-likeness (QED) is 0.755. The first-order chi connectivity index (χ1) is 8.56. The van der Waals surface area contributed by atoms with E-state index in [0.29, 0.717) is 12.6 Å². The molecular formula is C15H23BrFN. The highest BCUT2D eigenvalue weighted by Crippen LogP contribution is 2.17. The monoisotopic (exact) mass is 315 g/mol. The molecule has 1 aromatic carbocycles. The Hall–Kier alpha value is -0.410. The van der Waals surface area contributed by atoms with Gasteiger partial charge in [-0.1, -0.05) is 43.1 Å². The number of nitrogens with one attached hydrogen (secondary N) is 1. The van der Waals surface area contributed by atoms with Gasteiger partial charge < -0.3 is 5.32 Å². The van der Waals surface area contributed by atoms with Crippen LogP contribution >= 0.6 is 15.9 Å². The van der Waals surface area contributed by atoms with Gasteiger partial charge in [0, 0.05) is 22.6 Å². The van der Waals surface area contributed by atoms with Crippen LogP contribution in [-0.2, 0) is 6.54 Å². The molecule has 1 N–H and O–H groups in total. The molecule has 0 aliphatic rings. The zero-order chi connectivity index (χ0) is 13.5. The molecule has 2 atom stereocenters. The van der Waals surface area contributed by atoms with Crippen LogP contribution in [0.1, 0.15) is 45.6 Å². The molecular weight excluding hydrogens is 293 g/mol. The molecule has 2 unspecified atom stereocenters. The average Bonchev–Trinajstić information content (AvgIpc) is 2.37. The van der Waals surface area contributed by atoms with Crippen molar-refractivity contribution >= 4 is 15.9 Å². The number of hydrogen-bond donors (Lipinski definition) is 1. The molecule has 1 aromatic rings. The van der Waals surface area contributed by atoms with Gasteiger partial charge >= 0.3 is 0 Å². The molecule has 1 nitrogen and oxygen atoms in total. The fraction of sp³-hybridized carbons (Fsp3) is 0.600. The summed E-state index contributed by atoms with van der Waals surface area (Å²) in [5.74, 6) is 0.582. The molecule has 3 heteroatoms. The summed E-state index contributed by atoms with van der Waals surface area (Å²) in [7, 11) is 0. The summed E-state index contributed by atoms with van der Waals surface area (Å²) in [6.45, 7) is 7.26. The maximum atomic E-state index is 13.6. The Kier molecular flexibility index (Phi) is 6.87. The Balaban J connectivity index is 2.54. The fourth-order valence-corrected chi connectivity index (χ4v) is 2.39. The highest BCUT2D eigenvalue weighted by atomic mass is 79.9. The molecule has 0 aliphatic carbocycles. The molecule has 0 bridgehead atoms. The minimum atomic E-state index is -0.135. The molecule has 102 valence electrons. The van der Waals surface area contributed by atoms with Crippen LogP contribution in [0.15, 0.2) is 22.7 Å². The Morgan fingerprint density at radius 2 is 2.00 bits per heavy atom. The van der Waals surface area contributed by atoms with E-state index in [9.17, 15) is 4.39 Å². The van der Waals surface area contributed by atoms with Crippen LogP contribution < -0.4 is 5.32 Å². The second-order valence-corrected chi connectivity index (χ2v) is 5.89. The van der Waals surface area contributed by atoms with Crippen molar-refractivity contribution in [2.75, 3.05) is 0 Å². The van der Waals surface area contributed by atoms with E-state index in [1.807, 2.05) is 6.07 Å². The fourth-order valence-electron chi connectivity index (χ4n) is 1.98. The standard InChI is InChI=1S/C15H23BrFN/c1-4-11(3)8-14(5-2)18-10-12-9-13(16)6-7-15(12)17/h6-7,9,11,14,18H,4-5,8,10H2,1-3H3. The second-order valence-electron chi connectivity index (χ2n) is 4.97. The molecule has 0 saturated heterocycles. The van der Waals surface area contributed by atoms with Gasteiger partial charge in [0.25, 0.3) is 0 Å². The highest BCUT2D eigenvalue weighted by Gasteiger charge is 2.11. The van der Waals surface area contributed by atoms with Crippen LogP contribution in [0, 0.1) is 11.7 Å². The van der Waals surface area contributed by atoms with Gasteiger partial charge in [-0.15, -0.1) is 0 Å². The topological polar surface area (TPSA) is 12.0 Å².